The van der Waals surface area contributed by atoms with Crippen LogP contribution >= 0.6 is 0 Å². The van der Waals surface area contributed by atoms with Crippen molar-refractivity contribution in [2.24, 2.45) is 0 Å². The molecule has 23 heavy (non-hydrogen) atoms. The second-order valence-corrected chi connectivity index (χ2v) is 4.95. The summed E-state index contributed by atoms with van der Waals surface area (Å²) in [6, 6.07) is 6.31. The molecule has 7 heteroatoms. The lowest BCUT2D eigenvalue weighted by atomic mass is 9.94. The second kappa shape index (κ2) is 5.20. The third-order valence-electron chi connectivity index (χ3n) is 3.28. The molecule has 0 spiro atoms. The van der Waals surface area contributed by atoms with Crippen LogP contribution in [0.15, 0.2) is 24.3 Å². The van der Waals surface area contributed by atoms with Gasteiger partial charge in [0.1, 0.15) is 0 Å². The van der Waals surface area contributed by atoms with Crippen LogP contribution in [0.3, 0.4) is 0 Å². The zero-order valence-corrected chi connectivity index (χ0v) is 12.3. The molecule has 1 N–H and O–H groups in total. The molecule has 0 saturated heterocycles. The van der Waals surface area contributed by atoms with Gasteiger partial charge in [-0.05, 0) is 17.5 Å². The van der Waals surface area contributed by atoms with Crippen molar-refractivity contribution < 1.29 is 28.7 Å². The molecule has 0 atom stereocenters. The monoisotopic (exact) mass is 313 g/mol. The Labute approximate surface area is 130 Å². The summed E-state index contributed by atoms with van der Waals surface area (Å²) in [4.78, 5) is 46.9. The molecular formula is C16H11NO6. The van der Waals surface area contributed by atoms with Gasteiger partial charge in [0.25, 0.3) is 11.8 Å². The third-order valence-corrected chi connectivity index (χ3v) is 3.28. The quantitative estimate of drug-likeness (QED) is 0.513. The van der Waals surface area contributed by atoms with Gasteiger partial charge in [-0.1, -0.05) is 12.1 Å². The highest BCUT2D eigenvalue weighted by Gasteiger charge is 2.31. The zero-order chi connectivity index (χ0) is 16.7. The van der Waals surface area contributed by atoms with E-state index < -0.39 is 23.8 Å². The van der Waals surface area contributed by atoms with Gasteiger partial charge in [-0.15, -0.1) is 0 Å². The first kappa shape index (κ1) is 14.7. The van der Waals surface area contributed by atoms with Gasteiger partial charge < -0.3 is 9.47 Å². The maximum atomic E-state index is 12.3. The highest BCUT2D eigenvalue weighted by atomic mass is 16.6. The number of benzene rings is 2. The van der Waals surface area contributed by atoms with E-state index in [0.29, 0.717) is 10.8 Å². The van der Waals surface area contributed by atoms with E-state index in [1.54, 1.807) is 18.2 Å². The minimum Gasteiger partial charge on any atom is -0.423 e. The molecular weight excluding hydrogens is 302 g/mol. The number of hydrogen-bond acceptors (Lipinski definition) is 6. The van der Waals surface area contributed by atoms with Crippen LogP contribution in [0.25, 0.3) is 10.8 Å². The molecule has 3 rings (SSSR count). The molecule has 0 unspecified atom stereocenters. The van der Waals surface area contributed by atoms with Crippen molar-refractivity contribution in [2.45, 2.75) is 13.8 Å². The van der Waals surface area contributed by atoms with Crippen LogP contribution in [0, 0.1) is 0 Å². The average Bonchev–Trinajstić information content (AvgIpc) is 2.44. The molecule has 1 aliphatic heterocycles. The van der Waals surface area contributed by atoms with Gasteiger partial charge >= 0.3 is 11.9 Å². The lowest BCUT2D eigenvalue weighted by Gasteiger charge is -2.20. The van der Waals surface area contributed by atoms with E-state index in [-0.39, 0.29) is 22.6 Å². The number of carbonyl (C=O) groups excluding carboxylic acids is 4. The summed E-state index contributed by atoms with van der Waals surface area (Å²) >= 11 is 0. The lowest BCUT2D eigenvalue weighted by Crippen LogP contribution is -2.35. The van der Waals surface area contributed by atoms with Crippen LogP contribution in [0.1, 0.15) is 34.6 Å². The highest BCUT2D eigenvalue weighted by molar-refractivity contribution is 6.27. The largest absolute Gasteiger partial charge is 0.423 e. The van der Waals surface area contributed by atoms with Crippen molar-refractivity contribution >= 4 is 34.5 Å². The van der Waals surface area contributed by atoms with E-state index in [9.17, 15) is 19.2 Å². The summed E-state index contributed by atoms with van der Waals surface area (Å²) in [6.07, 6.45) is 0. The Kier molecular flexibility index (Phi) is 3.33. The zero-order valence-electron chi connectivity index (χ0n) is 12.3. The summed E-state index contributed by atoms with van der Waals surface area (Å²) in [7, 11) is 0. The van der Waals surface area contributed by atoms with Crippen LogP contribution < -0.4 is 14.8 Å². The maximum Gasteiger partial charge on any atom is 0.308 e. The van der Waals surface area contributed by atoms with E-state index in [1.165, 1.54) is 13.0 Å². The van der Waals surface area contributed by atoms with Gasteiger partial charge in [-0.3, -0.25) is 24.5 Å². The lowest BCUT2D eigenvalue weighted by molar-refractivity contribution is -0.134. The molecule has 0 fully saturated rings. The van der Waals surface area contributed by atoms with Crippen molar-refractivity contribution in [1.82, 2.24) is 5.32 Å². The average molecular weight is 313 g/mol. The van der Waals surface area contributed by atoms with Crippen LogP contribution in [0.5, 0.6) is 11.5 Å². The fourth-order valence-corrected chi connectivity index (χ4v) is 2.53. The molecule has 1 aliphatic rings. The molecule has 2 amide bonds. The van der Waals surface area contributed by atoms with Gasteiger partial charge in [0.05, 0.1) is 5.56 Å². The fraction of sp³-hybridized carbons (Fsp3) is 0.125. The number of carbonyl (C=O) groups is 4. The number of imide groups is 1. The predicted octanol–water partition coefficient (Wildman–Crippen LogP) is 1.57. The minimum absolute atomic E-state index is 0.0100. The Morgan fingerprint density at radius 3 is 2.35 bits per heavy atom. The molecule has 2 aromatic carbocycles. The molecule has 7 nitrogen and oxygen atoms in total. The van der Waals surface area contributed by atoms with Crippen molar-refractivity contribution in [1.29, 1.82) is 0 Å². The first-order valence-corrected chi connectivity index (χ1v) is 6.70. The first-order valence-electron chi connectivity index (χ1n) is 6.70. The van der Waals surface area contributed by atoms with E-state index in [4.69, 9.17) is 9.47 Å². The van der Waals surface area contributed by atoms with Crippen LogP contribution in [0.4, 0.5) is 0 Å². The van der Waals surface area contributed by atoms with Crippen LogP contribution in [-0.4, -0.2) is 23.8 Å². The molecule has 0 saturated carbocycles. The van der Waals surface area contributed by atoms with Gasteiger partial charge in [-0.2, -0.15) is 0 Å². The van der Waals surface area contributed by atoms with Crippen LogP contribution in [0.2, 0.25) is 0 Å². The van der Waals surface area contributed by atoms with Crippen molar-refractivity contribution in [3.05, 3.63) is 35.4 Å². The van der Waals surface area contributed by atoms with Crippen molar-refractivity contribution in [3.8, 4) is 11.5 Å². The molecule has 1 heterocycles. The van der Waals surface area contributed by atoms with E-state index in [0.717, 1.165) is 6.92 Å². The highest BCUT2D eigenvalue weighted by Crippen LogP contribution is 2.40. The topological polar surface area (TPSA) is 98.8 Å². The Morgan fingerprint density at radius 2 is 1.70 bits per heavy atom. The van der Waals surface area contributed by atoms with Gasteiger partial charge in [-0.25, -0.2) is 0 Å². The summed E-state index contributed by atoms with van der Waals surface area (Å²) < 4.78 is 10.1. The van der Waals surface area contributed by atoms with Gasteiger partial charge in [0.15, 0.2) is 11.5 Å². The normalized spacial score (nSPS) is 12.8. The van der Waals surface area contributed by atoms with E-state index >= 15 is 0 Å². The second-order valence-electron chi connectivity index (χ2n) is 4.95. The smallest absolute Gasteiger partial charge is 0.308 e. The number of ether oxygens (including phenoxy) is 2. The Bertz CT molecular complexity index is 899. The molecule has 0 bridgehead atoms. The predicted molar refractivity (Wildman–Crippen MR) is 78.4 cm³/mol. The minimum atomic E-state index is -0.719. The molecule has 116 valence electrons. The summed E-state index contributed by atoms with van der Waals surface area (Å²) in [5.41, 5.74) is 0.268. The number of nitrogens with one attached hydrogen (secondary N) is 1. The number of esters is 2. The maximum absolute atomic E-state index is 12.3. The molecule has 0 aromatic heterocycles. The number of amides is 2. The Morgan fingerprint density at radius 1 is 1.00 bits per heavy atom. The van der Waals surface area contributed by atoms with E-state index in [1.807, 2.05) is 0 Å². The Hall–Kier alpha value is -3.22. The van der Waals surface area contributed by atoms with Gasteiger partial charge in [0.2, 0.25) is 0 Å². The standard InChI is InChI=1S/C16H11NO6/c1-7(18)22-11-6-9-4-3-5-10-12(9)13(14(11)23-8(2)19)16(21)17-15(10)20/h3-6H,1-2H3,(H,17,20,21). The van der Waals surface area contributed by atoms with Gasteiger partial charge in [0, 0.05) is 24.8 Å². The summed E-state index contributed by atoms with van der Waals surface area (Å²) in [5.74, 6) is -2.81. The summed E-state index contributed by atoms with van der Waals surface area (Å²) in [6.45, 7) is 2.35. The molecule has 0 aliphatic carbocycles. The van der Waals surface area contributed by atoms with Crippen molar-refractivity contribution in [2.75, 3.05) is 0 Å². The van der Waals surface area contributed by atoms with Crippen molar-refractivity contribution in [3.63, 3.8) is 0 Å². The molecule has 2 aromatic rings. The number of hydrogen-bond donors (Lipinski definition) is 1. The SMILES string of the molecule is CC(=O)Oc1cc2cccc3c2c(c1OC(C)=O)C(=O)NC3=O. The van der Waals surface area contributed by atoms with E-state index in [2.05, 4.69) is 5.32 Å². The molecule has 0 radical (unpaired) electrons. The number of rotatable bonds is 2. The fourth-order valence-electron chi connectivity index (χ4n) is 2.53. The van der Waals surface area contributed by atoms with Crippen LogP contribution in [-0.2, 0) is 9.59 Å². The Balaban J connectivity index is 2.42. The first-order chi connectivity index (χ1) is 10.9. The summed E-state index contributed by atoms with van der Waals surface area (Å²) in [5, 5.41) is 3.06. The third kappa shape index (κ3) is 2.42.